The van der Waals surface area contributed by atoms with Crippen LogP contribution in [0, 0.1) is 0 Å². The van der Waals surface area contributed by atoms with Crippen molar-refractivity contribution >= 4 is 51.3 Å². The molecule has 2 N–H and O–H groups in total. The summed E-state index contributed by atoms with van der Waals surface area (Å²) < 4.78 is 32.1. The molecular weight excluding hydrogens is 527 g/mol. The third kappa shape index (κ3) is 7.20. The molecule has 29 heavy (non-hydrogen) atoms. The van der Waals surface area contributed by atoms with E-state index in [2.05, 4.69) is 30.0 Å². The lowest BCUT2D eigenvalue weighted by atomic mass is 10.3. The average molecular weight is 554 g/mol. The minimum Gasteiger partial charge on any atom is -0.364 e. The number of aliphatic imine (C=N–C) groups is 1. The summed E-state index contributed by atoms with van der Waals surface area (Å²) in [6, 6.07) is 5.21. The molecule has 2 aromatic heterocycles. The van der Waals surface area contributed by atoms with Crippen molar-refractivity contribution in [3.05, 3.63) is 35.5 Å². The Morgan fingerprint density at radius 2 is 2.10 bits per heavy atom. The fourth-order valence-corrected chi connectivity index (χ4v) is 4.98. The van der Waals surface area contributed by atoms with Crippen LogP contribution in [0.2, 0.25) is 0 Å². The zero-order valence-corrected chi connectivity index (χ0v) is 20.2. The van der Waals surface area contributed by atoms with E-state index < -0.39 is 10.0 Å². The molecule has 3 heterocycles. The quantitative estimate of drug-likeness (QED) is 0.220. The molecule has 2 aromatic rings. The molecule has 162 valence electrons. The van der Waals surface area contributed by atoms with E-state index >= 15 is 0 Å². The van der Waals surface area contributed by atoms with E-state index in [0.717, 1.165) is 50.9 Å². The predicted molar refractivity (Wildman–Crippen MR) is 124 cm³/mol. The summed E-state index contributed by atoms with van der Waals surface area (Å²) in [5.41, 5.74) is 0.937. The van der Waals surface area contributed by atoms with Gasteiger partial charge in [-0.3, -0.25) is 9.89 Å². The molecule has 0 atom stereocenters. The third-order valence-electron chi connectivity index (χ3n) is 4.31. The van der Waals surface area contributed by atoms with Crippen LogP contribution in [0.15, 0.2) is 43.6 Å². The lowest BCUT2D eigenvalue weighted by Crippen LogP contribution is -2.52. The number of hydrogen-bond donors (Lipinski definition) is 2. The Labute approximate surface area is 192 Å². The highest BCUT2D eigenvalue weighted by Gasteiger charge is 2.20. The zero-order valence-electron chi connectivity index (χ0n) is 16.3. The monoisotopic (exact) mass is 554 g/mol. The van der Waals surface area contributed by atoms with Crippen LogP contribution in [0.5, 0.6) is 0 Å². The van der Waals surface area contributed by atoms with Gasteiger partial charge in [-0.1, -0.05) is 11.2 Å². The van der Waals surface area contributed by atoms with Crippen LogP contribution < -0.4 is 10.0 Å². The Balaban J connectivity index is 0.00000300. The van der Waals surface area contributed by atoms with E-state index in [9.17, 15) is 8.42 Å². The van der Waals surface area contributed by atoms with E-state index in [1.165, 1.54) is 11.3 Å². The second-order valence-corrected chi connectivity index (χ2v) is 9.26. The van der Waals surface area contributed by atoms with Gasteiger partial charge in [0.2, 0.25) is 10.0 Å². The van der Waals surface area contributed by atoms with Crippen LogP contribution in [-0.2, 0) is 16.6 Å². The first-order chi connectivity index (χ1) is 13.6. The van der Waals surface area contributed by atoms with Crippen molar-refractivity contribution in [2.75, 3.05) is 45.8 Å². The number of guanidine groups is 1. The molecule has 1 saturated heterocycles. The van der Waals surface area contributed by atoms with Crippen molar-refractivity contribution < 1.29 is 12.9 Å². The number of halogens is 1. The average Bonchev–Trinajstić information content (AvgIpc) is 3.39. The number of piperazine rings is 1. The van der Waals surface area contributed by atoms with Gasteiger partial charge in [0, 0.05) is 51.9 Å². The summed E-state index contributed by atoms with van der Waals surface area (Å²) in [4.78, 5) is 9.12. The second-order valence-electron chi connectivity index (χ2n) is 6.32. The standard InChI is InChI=1S/C17H26N6O3S2.HI/c1-2-18-17(19-6-7-20-28(24,25)16-4-3-13-27-16)23-10-8-22(9-11-23)14-15-5-12-26-21-15;/h3-5,12-13,20H,2,6-11,14H2,1H3,(H,18,19);1H. The number of nitrogens with zero attached hydrogens (tertiary/aromatic N) is 4. The molecule has 1 aliphatic heterocycles. The lowest BCUT2D eigenvalue weighted by Gasteiger charge is -2.36. The van der Waals surface area contributed by atoms with Crippen molar-refractivity contribution in [1.82, 2.24) is 25.0 Å². The van der Waals surface area contributed by atoms with Gasteiger partial charge < -0.3 is 14.7 Å². The Morgan fingerprint density at radius 3 is 2.72 bits per heavy atom. The molecule has 0 aromatic carbocycles. The van der Waals surface area contributed by atoms with Gasteiger partial charge in [0.1, 0.15) is 10.5 Å². The van der Waals surface area contributed by atoms with Crippen molar-refractivity contribution in [1.29, 1.82) is 0 Å². The fraction of sp³-hybridized carbons (Fsp3) is 0.529. The van der Waals surface area contributed by atoms with Gasteiger partial charge >= 0.3 is 0 Å². The van der Waals surface area contributed by atoms with Crippen LogP contribution >= 0.6 is 35.3 Å². The molecule has 9 nitrogen and oxygen atoms in total. The van der Waals surface area contributed by atoms with E-state index in [4.69, 9.17) is 4.52 Å². The molecule has 0 saturated carbocycles. The predicted octanol–water partition coefficient (Wildman–Crippen LogP) is 1.42. The van der Waals surface area contributed by atoms with Gasteiger partial charge in [-0.2, -0.15) is 0 Å². The van der Waals surface area contributed by atoms with Crippen LogP contribution in [-0.4, -0.2) is 75.1 Å². The molecule has 0 aliphatic carbocycles. The highest BCUT2D eigenvalue weighted by atomic mass is 127. The van der Waals surface area contributed by atoms with Crippen molar-refractivity contribution in [2.24, 2.45) is 4.99 Å². The molecule has 0 bridgehead atoms. The number of aromatic nitrogens is 1. The maximum absolute atomic E-state index is 12.1. The molecular formula is C17H27IN6O3S2. The van der Waals surface area contributed by atoms with Gasteiger partial charge in [-0.15, -0.1) is 35.3 Å². The molecule has 0 unspecified atom stereocenters. The third-order valence-corrected chi connectivity index (χ3v) is 7.17. The number of hydrogen-bond acceptors (Lipinski definition) is 7. The van der Waals surface area contributed by atoms with Crippen molar-refractivity contribution in [2.45, 2.75) is 17.7 Å². The Hall–Kier alpha value is -1.22. The first-order valence-electron chi connectivity index (χ1n) is 9.26. The van der Waals surface area contributed by atoms with Crippen molar-refractivity contribution in [3.8, 4) is 0 Å². The van der Waals surface area contributed by atoms with Crippen LogP contribution in [0.3, 0.4) is 0 Å². The molecule has 12 heteroatoms. The maximum atomic E-state index is 12.1. The highest BCUT2D eigenvalue weighted by Crippen LogP contribution is 2.14. The van der Waals surface area contributed by atoms with E-state index in [0.29, 0.717) is 10.8 Å². The summed E-state index contributed by atoms with van der Waals surface area (Å²) in [5, 5.41) is 9.00. The molecule has 0 spiro atoms. The van der Waals surface area contributed by atoms with Crippen LogP contribution in [0.25, 0.3) is 0 Å². The minimum atomic E-state index is -3.44. The normalized spacial score (nSPS) is 15.9. The number of nitrogens with one attached hydrogen (secondary N) is 2. The first kappa shape index (κ1) is 24.1. The van der Waals surface area contributed by atoms with Gasteiger partial charge in [0.05, 0.1) is 12.2 Å². The summed E-state index contributed by atoms with van der Waals surface area (Å²) >= 11 is 1.20. The Bertz CT molecular complexity index is 835. The molecule has 0 amide bonds. The van der Waals surface area contributed by atoms with E-state index in [1.807, 2.05) is 13.0 Å². The fourth-order valence-electron chi connectivity index (χ4n) is 2.92. The molecule has 0 radical (unpaired) electrons. The minimum absolute atomic E-state index is 0. The van der Waals surface area contributed by atoms with Gasteiger partial charge in [-0.05, 0) is 18.4 Å². The molecule has 1 fully saturated rings. The Morgan fingerprint density at radius 1 is 1.31 bits per heavy atom. The van der Waals surface area contributed by atoms with Crippen LogP contribution in [0.4, 0.5) is 0 Å². The SMILES string of the molecule is CCNC(=NCCNS(=O)(=O)c1cccs1)N1CCN(Cc2ccon2)CC1.I. The number of sulfonamides is 1. The van der Waals surface area contributed by atoms with E-state index in [1.54, 1.807) is 23.8 Å². The van der Waals surface area contributed by atoms with Crippen molar-refractivity contribution in [3.63, 3.8) is 0 Å². The first-order valence-corrected chi connectivity index (χ1v) is 11.6. The lowest BCUT2D eigenvalue weighted by molar-refractivity contribution is 0.169. The second kappa shape index (κ2) is 11.8. The highest BCUT2D eigenvalue weighted by molar-refractivity contribution is 14.0. The smallest absolute Gasteiger partial charge is 0.250 e. The Kier molecular flexibility index (Phi) is 9.82. The maximum Gasteiger partial charge on any atom is 0.250 e. The summed E-state index contributed by atoms with van der Waals surface area (Å²) in [7, 11) is -3.44. The van der Waals surface area contributed by atoms with Gasteiger partial charge in [-0.25, -0.2) is 13.1 Å². The van der Waals surface area contributed by atoms with E-state index in [-0.39, 0.29) is 30.5 Å². The summed E-state index contributed by atoms with van der Waals surface area (Å²) in [6.45, 7) is 7.73. The zero-order chi connectivity index (χ0) is 19.8. The summed E-state index contributed by atoms with van der Waals surface area (Å²) in [5.74, 6) is 0.818. The number of thiophene rings is 1. The molecule has 1 aliphatic rings. The summed E-state index contributed by atoms with van der Waals surface area (Å²) in [6.07, 6.45) is 1.59. The number of rotatable bonds is 8. The van der Waals surface area contributed by atoms with Gasteiger partial charge in [0.15, 0.2) is 5.96 Å². The topological polar surface area (TPSA) is 103 Å². The molecule has 3 rings (SSSR count). The largest absolute Gasteiger partial charge is 0.364 e. The van der Waals surface area contributed by atoms with Gasteiger partial charge in [0.25, 0.3) is 0 Å². The van der Waals surface area contributed by atoms with Crippen LogP contribution in [0.1, 0.15) is 12.6 Å².